The lowest BCUT2D eigenvalue weighted by Crippen LogP contribution is -2.24. The van der Waals surface area contributed by atoms with Gasteiger partial charge in [0.1, 0.15) is 10.7 Å². The number of aryl methyl sites for hydroxylation is 3. The molecule has 5 heteroatoms. The van der Waals surface area contributed by atoms with Gasteiger partial charge in [0.2, 0.25) is 0 Å². The number of benzene rings is 2. The van der Waals surface area contributed by atoms with E-state index in [4.69, 9.17) is 4.98 Å². The fourth-order valence-corrected chi connectivity index (χ4v) is 5.32. The minimum atomic E-state index is 0.0207. The Bertz CT molecular complexity index is 1340. The smallest absolute Gasteiger partial charge is 0.263 e. The second kappa shape index (κ2) is 6.98. The summed E-state index contributed by atoms with van der Waals surface area (Å²) in [7, 11) is 0. The summed E-state index contributed by atoms with van der Waals surface area (Å²) in [5, 5.41) is 10.0. The van der Waals surface area contributed by atoms with Crippen LogP contribution in [0.1, 0.15) is 33.6 Å². The highest BCUT2D eigenvalue weighted by Gasteiger charge is 2.23. The summed E-state index contributed by atoms with van der Waals surface area (Å²) >= 11 is 1.67. The van der Waals surface area contributed by atoms with Crippen molar-refractivity contribution in [3.05, 3.63) is 86.0 Å². The van der Waals surface area contributed by atoms with Crippen LogP contribution in [-0.2, 0) is 19.4 Å². The topological polar surface area (TPSA) is 58.7 Å². The molecule has 4 nitrogen and oxygen atoms in total. The number of aromatic nitrogens is 2. The van der Waals surface area contributed by atoms with Crippen LogP contribution in [0, 0.1) is 18.3 Å². The Balaban J connectivity index is 1.75. The van der Waals surface area contributed by atoms with Crippen molar-refractivity contribution in [2.45, 2.75) is 32.7 Å². The lowest BCUT2D eigenvalue weighted by atomic mass is 10.1. The third kappa shape index (κ3) is 3.06. The van der Waals surface area contributed by atoms with E-state index in [-0.39, 0.29) is 5.56 Å². The number of rotatable bonds is 3. The summed E-state index contributed by atoms with van der Waals surface area (Å²) in [6, 6.07) is 17.7. The molecule has 0 atom stereocenters. The predicted molar refractivity (Wildman–Crippen MR) is 116 cm³/mol. The quantitative estimate of drug-likeness (QED) is 0.497. The Morgan fingerprint density at radius 1 is 1.17 bits per heavy atom. The molecule has 0 saturated carbocycles. The highest BCUT2D eigenvalue weighted by Crippen LogP contribution is 2.35. The van der Waals surface area contributed by atoms with Crippen molar-refractivity contribution in [2.24, 2.45) is 0 Å². The number of fused-ring (bicyclic) bond motifs is 3. The molecule has 4 aromatic rings. The highest BCUT2D eigenvalue weighted by atomic mass is 32.1. The van der Waals surface area contributed by atoms with Gasteiger partial charge in [-0.3, -0.25) is 9.36 Å². The molecule has 0 fully saturated rings. The first kappa shape index (κ1) is 17.8. The van der Waals surface area contributed by atoms with Crippen LogP contribution in [0.4, 0.5) is 0 Å². The second-order valence-electron chi connectivity index (χ2n) is 7.54. The molecule has 0 unspecified atom stereocenters. The first-order valence-electron chi connectivity index (χ1n) is 9.75. The maximum Gasteiger partial charge on any atom is 0.263 e. The fourth-order valence-electron chi connectivity index (χ4n) is 4.07. The van der Waals surface area contributed by atoms with E-state index in [0.717, 1.165) is 40.6 Å². The lowest BCUT2D eigenvalue weighted by molar-refractivity contribution is 0.759. The predicted octanol–water partition coefficient (Wildman–Crippen LogP) is 4.84. The number of thiophene rings is 1. The van der Waals surface area contributed by atoms with Crippen LogP contribution < -0.4 is 5.56 Å². The van der Waals surface area contributed by atoms with Crippen LogP contribution in [0.15, 0.2) is 53.3 Å². The molecular weight excluding hydrogens is 378 g/mol. The zero-order valence-corrected chi connectivity index (χ0v) is 16.9. The molecule has 0 spiro atoms. The van der Waals surface area contributed by atoms with E-state index < -0.39 is 0 Å². The van der Waals surface area contributed by atoms with E-state index in [0.29, 0.717) is 17.9 Å². The highest BCUT2D eigenvalue weighted by molar-refractivity contribution is 7.18. The van der Waals surface area contributed by atoms with Crippen LogP contribution in [0.3, 0.4) is 0 Å². The molecule has 0 saturated heterocycles. The van der Waals surface area contributed by atoms with Gasteiger partial charge in [-0.25, -0.2) is 4.98 Å². The molecule has 0 N–H and O–H groups in total. The van der Waals surface area contributed by atoms with Gasteiger partial charge in [-0.15, -0.1) is 11.3 Å². The lowest BCUT2D eigenvalue weighted by Gasteiger charge is -2.14. The maximum absolute atomic E-state index is 13.6. The van der Waals surface area contributed by atoms with Crippen molar-refractivity contribution in [1.29, 1.82) is 5.26 Å². The molecule has 0 radical (unpaired) electrons. The molecule has 2 aromatic heterocycles. The zero-order valence-electron chi connectivity index (χ0n) is 16.1. The molecule has 5 rings (SSSR count). The van der Waals surface area contributed by atoms with Crippen molar-refractivity contribution in [3.63, 3.8) is 0 Å². The van der Waals surface area contributed by atoms with E-state index >= 15 is 0 Å². The summed E-state index contributed by atoms with van der Waals surface area (Å²) < 4.78 is 1.77. The van der Waals surface area contributed by atoms with Crippen molar-refractivity contribution < 1.29 is 0 Å². The molecule has 0 amide bonds. The van der Waals surface area contributed by atoms with Gasteiger partial charge in [-0.2, -0.15) is 5.26 Å². The number of nitrogens with zero attached hydrogens (tertiary/aromatic N) is 3. The molecule has 0 aliphatic heterocycles. The van der Waals surface area contributed by atoms with Gasteiger partial charge >= 0.3 is 0 Å². The Morgan fingerprint density at radius 2 is 2.00 bits per heavy atom. The summed E-state index contributed by atoms with van der Waals surface area (Å²) in [5.41, 5.74) is 4.83. The number of nitriles is 1. The van der Waals surface area contributed by atoms with Crippen molar-refractivity contribution in [1.82, 2.24) is 9.55 Å². The number of hydrogen-bond donors (Lipinski definition) is 0. The van der Waals surface area contributed by atoms with Gasteiger partial charge in [0.05, 0.1) is 23.6 Å². The Kier molecular flexibility index (Phi) is 4.30. The van der Waals surface area contributed by atoms with Crippen molar-refractivity contribution in [3.8, 4) is 17.5 Å². The zero-order chi connectivity index (χ0) is 20.0. The average Bonchev–Trinajstić information content (AvgIpc) is 3.32. The van der Waals surface area contributed by atoms with Crippen molar-refractivity contribution >= 4 is 21.6 Å². The number of hydrogen-bond acceptors (Lipinski definition) is 4. The van der Waals surface area contributed by atoms with Crippen LogP contribution in [0.25, 0.3) is 21.6 Å². The van der Waals surface area contributed by atoms with Crippen LogP contribution in [0.5, 0.6) is 0 Å². The third-order valence-electron chi connectivity index (χ3n) is 5.53. The Hall–Kier alpha value is -3.23. The summed E-state index contributed by atoms with van der Waals surface area (Å²) in [4.78, 5) is 20.7. The van der Waals surface area contributed by atoms with E-state index in [2.05, 4.69) is 6.07 Å². The molecule has 2 heterocycles. The van der Waals surface area contributed by atoms with Gasteiger partial charge in [0.25, 0.3) is 5.56 Å². The molecule has 2 aromatic carbocycles. The fraction of sp³-hybridized carbons (Fsp3) is 0.208. The van der Waals surface area contributed by atoms with E-state index in [1.807, 2.05) is 49.4 Å². The molecule has 142 valence electrons. The summed E-state index contributed by atoms with van der Waals surface area (Å²) in [6.07, 6.45) is 3.11. The molecule has 1 aliphatic carbocycles. The van der Waals surface area contributed by atoms with Gasteiger partial charge in [0, 0.05) is 10.4 Å². The van der Waals surface area contributed by atoms with Crippen LogP contribution in [0.2, 0.25) is 0 Å². The van der Waals surface area contributed by atoms with Crippen molar-refractivity contribution in [2.75, 3.05) is 0 Å². The van der Waals surface area contributed by atoms with E-state index in [1.54, 1.807) is 22.0 Å². The van der Waals surface area contributed by atoms with E-state index in [1.165, 1.54) is 16.0 Å². The van der Waals surface area contributed by atoms with Gasteiger partial charge in [-0.1, -0.05) is 42.0 Å². The van der Waals surface area contributed by atoms with Gasteiger partial charge in [-0.05, 0) is 49.4 Å². The standard InChI is InChI=1S/C24H19N3OS/c1-15-8-10-18(11-9-15)22-26-23-21(19-6-3-7-20(19)29-23)24(28)27(22)14-17-5-2-4-16(12-17)13-25/h2,4-5,8-12H,3,6-7,14H2,1H3. The van der Waals surface area contributed by atoms with Gasteiger partial charge < -0.3 is 0 Å². The molecule has 0 bridgehead atoms. The molecular formula is C24H19N3OS. The second-order valence-corrected chi connectivity index (χ2v) is 8.63. The summed E-state index contributed by atoms with van der Waals surface area (Å²) in [6.45, 7) is 2.44. The first-order valence-corrected chi connectivity index (χ1v) is 10.6. The maximum atomic E-state index is 13.6. The molecule has 1 aliphatic rings. The largest absolute Gasteiger partial charge is 0.288 e. The normalized spacial score (nSPS) is 12.8. The average molecular weight is 398 g/mol. The minimum absolute atomic E-state index is 0.0207. The third-order valence-corrected chi connectivity index (χ3v) is 6.72. The Morgan fingerprint density at radius 3 is 2.79 bits per heavy atom. The van der Waals surface area contributed by atoms with E-state index in [9.17, 15) is 10.1 Å². The Labute approximate surface area is 172 Å². The minimum Gasteiger partial charge on any atom is -0.288 e. The summed E-state index contributed by atoms with van der Waals surface area (Å²) in [5.74, 6) is 0.685. The first-order chi connectivity index (χ1) is 14.1. The SMILES string of the molecule is Cc1ccc(-c2nc3sc4c(c3c(=O)n2Cc2cccc(C#N)c2)CCC4)cc1. The van der Waals surface area contributed by atoms with Crippen LogP contribution in [-0.4, -0.2) is 9.55 Å². The van der Waals surface area contributed by atoms with Gasteiger partial charge in [0.15, 0.2) is 0 Å². The monoisotopic (exact) mass is 397 g/mol. The molecule has 29 heavy (non-hydrogen) atoms. The van der Waals surface area contributed by atoms with Crippen LogP contribution >= 0.6 is 11.3 Å².